The Morgan fingerprint density at radius 3 is 1.25 bits per heavy atom. The van der Waals surface area contributed by atoms with Gasteiger partial charge >= 0.3 is 0 Å². The molecule has 6 nitrogen and oxygen atoms in total. The van der Waals surface area contributed by atoms with Gasteiger partial charge in [-0.15, -0.1) is 0 Å². The summed E-state index contributed by atoms with van der Waals surface area (Å²) in [4.78, 5) is 27.1. The lowest BCUT2D eigenvalue weighted by molar-refractivity contribution is 0.101. The summed E-state index contributed by atoms with van der Waals surface area (Å²) in [7, 11) is 0. The molecule has 0 bridgehead atoms. The highest BCUT2D eigenvalue weighted by Crippen LogP contribution is 2.56. The normalized spacial score (nSPS) is 12.6. The summed E-state index contributed by atoms with van der Waals surface area (Å²) in [6, 6.07) is 55.7. The van der Waals surface area contributed by atoms with E-state index in [0.29, 0.717) is 33.9 Å². The lowest BCUT2D eigenvalue weighted by Crippen LogP contribution is -2.29. The average molecular weight is 687 g/mol. The van der Waals surface area contributed by atoms with Crippen LogP contribution in [0, 0.1) is 0 Å². The largest absolute Gasteiger partial charge is 0.399 e. The number of nitrogens with one attached hydrogen (secondary N) is 2. The number of amides is 2. The third-order valence-corrected chi connectivity index (χ3v) is 10.4. The maximum absolute atomic E-state index is 13.5. The van der Waals surface area contributed by atoms with E-state index in [-0.39, 0.29) is 11.8 Å². The Morgan fingerprint density at radius 2 is 0.811 bits per heavy atom. The van der Waals surface area contributed by atoms with Crippen molar-refractivity contribution in [1.29, 1.82) is 0 Å². The van der Waals surface area contributed by atoms with Crippen molar-refractivity contribution >= 4 is 56.1 Å². The molecule has 0 spiro atoms. The summed E-state index contributed by atoms with van der Waals surface area (Å²) in [5.41, 5.74) is 21.8. The molecule has 0 radical (unpaired) electrons. The highest BCUT2D eigenvalue weighted by molar-refractivity contribution is 6.06. The summed E-state index contributed by atoms with van der Waals surface area (Å²) in [5, 5.41) is 10.1. The summed E-state index contributed by atoms with van der Waals surface area (Å²) < 4.78 is 0. The molecule has 2 amide bonds. The van der Waals surface area contributed by atoms with Gasteiger partial charge < -0.3 is 22.1 Å². The molecule has 0 fully saturated rings. The predicted molar refractivity (Wildman–Crippen MR) is 216 cm³/mol. The van der Waals surface area contributed by atoms with Crippen LogP contribution >= 0.6 is 0 Å². The van der Waals surface area contributed by atoms with Gasteiger partial charge in [-0.25, -0.2) is 0 Å². The molecule has 0 aliphatic heterocycles. The summed E-state index contributed by atoms with van der Waals surface area (Å²) in [6.07, 6.45) is 0. The summed E-state index contributed by atoms with van der Waals surface area (Å²) in [6.45, 7) is 0. The Bertz CT molecular complexity index is 2550. The van der Waals surface area contributed by atoms with E-state index in [0.717, 1.165) is 54.9 Å². The number of hydrogen-bond acceptors (Lipinski definition) is 4. The molecule has 0 heterocycles. The zero-order valence-electron chi connectivity index (χ0n) is 28.6. The van der Waals surface area contributed by atoms with Crippen LogP contribution < -0.4 is 22.1 Å². The number of rotatable bonds is 6. The number of carbonyl (C=O) groups is 2. The Hall–Kier alpha value is -7.18. The van der Waals surface area contributed by atoms with Crippen LogP contribution in [0.15, 0.2) is 170 Å². The molecule has 1 aliphatic carbocycles. The number of benzene rings is 8. The van der Waals surface area contributed by atoms with E-state index >= 15 is 0 Å². The molecule has 1 aliphatic rings. The second-order valence-corrected chi connectivity index (χ2v) is 13.5. The second kappa shape index (κ2) is 12.5. The molecule has 6 heteroatoms. The molecule has 0 aromatic heterocycles. The van der Waals surface area contributed by atoms with Gasteiger partial charge in [0.1, 0.15) is 0 Å². The predicted octanol–water partition coefficient (Wildman–Crippen LogP) is 10.0. The first-order valence-electron chi connectivity index (χ1n) is 17.5. The molecule has 8 aromatic carbocycles. The van der Waals surface area contributed by atoms with Crippen molar-refractivity contribution in [1.82, 2.24) is 0 Å². The Labute approximate surface area is 306 Å². The van der Waals surface area contributed by atoms with E-state index in [1.807, 2.05) is 121 Å². The van der Waals surface area contributed by atoms with Crippen LogP contribution in [-0.2, 0) is 5.41 Å². The summed E-state index contributed by atoms with van der Waals surface area (Å²) >= 11 is 0. The zero-order chi connectivity index (χ0) is 36.1. The van der Waals surface area contributed by atoms with Crippen LogP contribution in [0.25, 0.3) is 32.7 Å². The molecule has 8 aromatic rings. The fraction of sp³-hybridized carbons (Fsp3) is 0.0213. The lowest BCUT2D eigenvalue weighted by atomic mass is 9.67. The Kier molecular flexibility index (Phi) is 7.52. The van der Waals surface area contributed by atoms with Gasteiger partial charge in [0.2, 0.25) is 0 Å². The minimum absolute atomic E-state index is 0.202. The van der Waals surface area contributed by atoms with E-state index in [2.05, 4.69) is 59.2 Å². The topological polar surface area (TPSA) is 110 Å². The summed E-state index contributed by atoms with van der Waals surface area (Å²) in [5.74, 6) is -0.405. The molecular weight excluding hydrogens is 653 g/mol. The van der Waals surface area contributed by atoms with E-state index in [1.54, 1.807) is 0 Å². The highest BCUT2D eigenvalue weighted by Gasteiger charge is 2.45. The maximum atomic E-state index is 13.5. The molecule has 0 saturated heterocycles. The van der Waals surface area contributed by atoms with Crippen molar-refractivity contribution in [3.05, 3.63) is 203 Å². The van der Waals surface area contributed by atoms with Gasteiger partial charge in [0.25, 0.3) is 11.8 Å². The van der Waals surface area contributed by atoms with Crippen LogP contribution in [-0.4, -0.2) is 11.8 Å². The standard InChI is InChI=1S/C47H34N4O2/c48-37-21-13-29-15-23-39(27-33(29)25-37)50-45(52)31-9-17-35(18-10-31)47(43-7-3-1-5-41(43)42-6-2-4-8-44(42)47)36-19-11-32(12-20-36)46(53)51-40-24-16-30-14-22-38(49)26-34(30)28-40/h1-28H,48-49H2,(H,50,52)(H,51,53). The van der Waals surface area contributed by atoms with Crippen molar-refractivity contribution in [2.24, 2.45) is 0 Å². The number of hydrogen-bond donors (Lipinski definition) is 4. The molecule has 254 valence electrons. The van der Waals surface area contributed by atoms with Gasteiger partial charge in [0.15, 0.2) is 0 Å². The first-order chi connectivity index (χ1) is 25.9. The van der Waals surface area contributed by atoms with Gasteiger partial charge in [0, 0.05) is 33.9 Å². The van der Waals surface area contributed by atoms with Crippen LogP contribution in [0.3, 0.4) is 0 Å². The van der Waals surface area contributed by atoms with Crippen molar-refractivity contribution < 1.29 is 9.59 Å². The van der Waals surface area contributed by atoms with Crippen LogP contribution in [0.1, 0.15) is 43.0 Å². The average Bonchev–Trinajstić information content (AvgIpc) is 3.49. The smallest absolute Gasteiger partial charge is 0.255 e. The monoisotopic (exact) mass is 686 g/mol. The second-order valence-electron chi connectivity index (χ2n) is 13.5. The van der Waals surface area contributed by atoms with Gasteiger partial charge in [-0.2, -0.15) is 0 Å². The van der Waals surface area contributed by atoms with Crippen LogP contribution in [0.2, 0.25) is 0 Å². The number of carbonyl (C=O) groups excluding carboxylic acids is 2. The highest BCUT2D eigenvalue weighted by atomic mass is 16.2. The molecule has 53 heavy (non-hydrogen) atoms. The minimum atomic E-state index is -0.687. The molecule has 0 unspecified atom stereocenters. The maximum Gasteiger partial charge on any atom is 0.255 e. The molecule has 6 N–H and O–H groups in total. The Morgan fingerprint density at radius 1 is 0.415 bits per heavy atom. The molecule has 0 saturated carbocycles. The fourth-order valence-electron chi connectivity index (χ4n) is 7.86. The van der Waals surface area contributed by atoms with Crippen molar-refractivity contribution in [2.45, 2.75) is 5.41 Å². The number of nitrogens with two attached hydrogens (primary N) is 2. The van der Waals surface area contributed by atoms with Crippen molar-refractivity contribution in [3.8, 4) is 11.1 Å². The molecule has 0 atom stereocenters. The SMILES string of the molecule is Nc1ccc2ccc(NC(=O)c3ccc(C4(c5ccc(C(=O)Nc6ccc7ccc(N)cc7c6)cc5)c5ccccc5-c5ccccc54)cc3)cc2c1. The van der Waals surface area contributed by atoms with Gasteiger partial charge in [-0.05, 0) is 128 Å². The van der Waals surface area contributed by atoms with E-state index < -0.39 is 5.41 Å². The number of fused-ring (bicyclic) bond motifs is 5. The van der Waals surface area contributed by atoms with Crippen molar-refractivity contribution in [3.63, 3.8) is 0 Å². The first kappa shape index (κ1) is 31.8. The third kappa shape index (κ3) is 5.45. The van der Waals surface area contributed by atoms with Gasteiger partial charge in [0.05, 0.1) is 5.41 Å². The fourth-order valence-corrected chi connectivity index (χ4v) is 7.86. The third-order valence-electron chi connectivity index (χ3n) is 10.4. The molecular formula is C47H34N4O2. The minimum Gasteiger partial charge on any atom is -0.399 e. The van der Waals surface area contributed by atoms with E-state index in [1.165, 1.54) is 0 Å². The quantitative estimate of drug-likeness (QED) is 0.131. The first-order valence-corrected chi connectivity index (χ1v) is 17.5. The van der Waals surface area contributed by atoms with E-state index in [4.69, 9.17) is 11.5 Å². The van der Waals surface area contributed by atoms with Crippen molar-refractivity contribution in [2.75, 3.05) is 22.1 Å². The van der Waals surface area contributed by atoms with E-state index in [9.17, 15) is 9.59 Å². The molecule has 9 rings (SSSR count). The van der Waals surface area contributed by atoms with Gasteiger partial charge in [-0.1, -0.05) is 97.1 Å². The number of nitrogen functional groups attached to an aromatic ring is 2. The Balaban J connectivity index is 1.07. The van der Waals surface area contributed by atoms with Crippen LogP contribution in [0.5, 0.6) is 0 Å². The van der Waals surface area contributed by atoms with Gasteiger partial charge in [-0.3, -0.25) is 9.59 Å². The lowest BCUT2D eigenvalue weighted by Gasteiger charge is -2.34. The van der Waals surface area contributed by atoms with Crippen LogP contribution in [0.4, 0.5) is 22.7 Å². The number of anilines is 4. The zero-order valence-corrected chi connectivity index (χ0v) is 28.6.